The lowest BCUT2D eigenvalue weighted by atomic mass is 10.0. The van der Waals surface area contributed by atoms with E-state index in [0.717, 1.165) is 30.6 Å². The summed E-state index contributed by atoms with van der Waals surface area (Å²) in [6, 6.07) is 12.5. The average molecular weight is 827 g/mol. The number of alkyl halides is 3. The summed E-state index contributed by atoms with van der Waals surface area (Å²) in [6.45, 7) is 12.8. The number of hydrogen-bond acceptors (Lipinski definition) is 9. The van der Waals surface area contributed by atoms with Crippen LogP contribution < -0.4 is 10.2 Å². The second-order valence-corrected chi connectivity index (χ2v) is 15.9. The molecule has 0 aliphatic carbocycles. The molecular formula is C44H49F3N8O5. The number of nitrogens with zero attached hydrogens (tertiary/aromatic N) is 7. The van der Waals surface area contributed by atoms with E-state index in [2.05, 4.69) is 34.0 Å². The predicted molar refractivity (Wildman–Crippen MR) is 220 cm³/mol. The van der Waals surface area contributed by atoms with Crippen LogP contribution in [0.25, 0.3) is 11.4 Å². The standard InChI is InChI=1S/C44H49F3N8O5/c1-8-53-18-20-54(21-19-53)27-32-14-15-33(24-35(32)44(45,46)47)49-38(57)23-30-11-9-10-29(22-30)12-13-31-26-48-41(51(6)28(2)56)50-39(31)37-25-34-36(52(37)7)16-17-55(40(34)58)42(59)60-43(3,4)5/h9-11,14-15,22,24-26H,8,16-21,23,27H2,1-7H3,(H,49,57). The molecule has 4 amide bonds. The van der Waals surface area contributed by atoms with Crippen molar-refractivity contribution in [1.29, 1.82) is 0 Å². The van der Waals surface area contributed by atoms with Crippen molar-refractivity contribution in [3.05, 3.63) is 93.8 Å². The molecule has 0 spiro atoms. The van der Waals surface area contributed by atoms with Crippen LogP contribution in [0, 0.1) is 11.8 Å². The molecule has 1 saturated heterocycles. The Balaban J connectivity index is 1.22. The first kappa shape index (κ1) is 43.5. The van der Waals surface area contributed by atoms with Crippen molar-refractivity contribution in [1.82, 2.24) is 29.2 Å². The zero-order valence-corrected chi connectivity index (χ0v) is 34.9. The lowest BCUT2D eigenvalue weighted by Crippen LogP contribution is -2.45. The monoisotopic (exact) mass is 826 g/mol. The van der Waals surface area contributed by atoms with Gasteiger partial charge in [-0.15, -0.1) is 0 Å². The highest BCUT2D eigenvalue weighted by atomic mass is 19.4. The second-order valence-electron chi connectivity index (χ2n) is 15.9. The fraction of sp³-hybridized carbons (Fsp3) is 0.409. The number of likely N-dealkylation sites (N-methyl/N-ethyl adjacent to an activating group) is 1. The summed E-state index contributed by atoms with van der Waals surface area (Å²) in [4.78, 5) is 67.6. The van der Waals surface area contributed by atoms with E-state index in [1.807, 2.05) is 9.47 Å². The maximum Gasteiger partial charge on any atom is 0.417 e. The van der Waals surface area contributed by atoms with E-state index in [-0.39, 0.29) is 42.6 Å². The van der Waals surface area contributed by atoms with Crippen LogP contribution in [-0.4, -0.2) is 105 Å². The number of imide groups is 1. The molecule has 4 heterocycles. The fourth-order valence-corrected chi connectivity index (χ4v) is 7.12. The van der Waals surface area contributed by atoms with Gasteiger partial charge < -0.3 is 19.5 Å². The smallest absolute Gasteiger partial charge is 0.417 e. The first-order valence-corrected chi connectivity index (χ1v) is 19.7. The van der Waals surface area contributed by atoms with Crippen LogP contribution >= 0.6 is 0 Å². The van der Waals surface area contributed by atoms with Gasteiger partial charge in [0.25, 0.3) is 5.91 Å². The van der Waals surface area contributed by atoms with Gasteiger partial charge in [-0.1, -0.05) is 37.0 Å². The Labute approximate surface area is 347 Å². The van der Waals surface area contributed by atoms with Gasteiger partial charge >= 0.3 is 12.3 Å². The van der Waals surface area contributed by atoms with Crippen molar-refractivity contribution in [2.45, 2.75) is 65.8 Å². The Hall–Kier alpha value is -6.05. The fourth-order valence-electron chi connectivity index (χ4n) is 7.12. The summed E-state index contributed by atoms with van der Waals surface area (Å²) in [5, 5.41) is 2.63. The maximum absolute atomic E-state index is 14.2. The third kappa shape index (κ3) is 10.2. The van der Waals surface area contributed by atoms with Crippen molar-refractivity contribution in [2.24, 2.45) is 7.05 Å². The van der Waals surface area contributed by atoms with Gasteiger partial charge in [0.1, 0.15) is 11.3 Å². The lowest BCUT2D eigenvalue weighted by molar-refractivity contribution is -0.138. The molecule has 0 radical (unpaired) electrons. The first-order chi connectivity index (χ1) is 28.3. The molecule has 60 heavy (non-hydrogen) atoms. The topological polar surface area (TPSA) is 133 Å². The molecule has 16 heteroatoms. The molecule has 2 aliphatic rings. The number of piperazine rings is 1. The van der Waals surface area contributed by atoms with Gasteiger partial charge in [0.2, 0.25) is 17.8 Å². The van der Waals surface area contributed by atoms with Gasteiger partial charge in [0.05, 0.1) is 28.8 Å². The molecule has 316 valence electrons. The highest BCUT2D eigenvalue weighted by molar-refractivity contribution is 6.05. The number of hydrogen-bond donors (Lipinski definition) is 1. The number of fused-ring (bicyclic) bond motifs is 1. The quantitative estimate of drug-likeness (QED) is 0.208. The predicted octanol–water partition coefficient (Wildman–Crippen LogP) is 6.14. The van der Waals surface area contributed by atoms with Gasteiger partial charge in [-0.2, -0.15) is 13.2 Å². The number of halogens is 3. The summed E-state index contributed by atoms with van der Waals surface area (Å²) < 4.78 is 49.9. The van der Waals surface area contributed by atoms with Gasteiger partial charge in [-0.05, 0) is 68.8 Å². The molecule has 2 aromatic carbocycles. The van der Waals surface area contributed by atoms with Gasteiger partial charge in [0.15, 0.2) is 0 Å². The van der Waals surface area contributed by atoms with Gasteiger partial charge in [0, 0.05) is 89.9 Å². The number of carbonyl (C=O) groups is 4. The molecule has 1 N–H and O–H groups in total. The van der Waals surface area contributed by atoms with E-state index < -0.39 is 35.2 Å². The van der Waals surface area contributed by atoms with Crippen molar-refractivity contribution in [2.75, 3.05) is 56.5 Å². The SMILES string of the molecule is CCN1CCN(Cc2ccc(NC(=O)Cc3cccc(C#Cc4cnc(N(C)C(C)=O)nc4-c4cc5c(n4C)CCN(C(=O)OC(C)(C)C)C5=O)c3)cc2C(F)(F)F)CC1. The molecular weight excluding hydrogens is 778 g/mol. The Morgan fingerprint density at radius 1 is 0.967 bits per heavy atom. The van der Waals surface area contributed by atoms with Crippen LogP contribution in [0.5, 0.6) is 0 Å². The molecule has 1 fully saturated rings. The van der Waals surface area contributed by atoms with E-state index in [1.54, 1.807) is 58.2 Å². The summed E-state index contributed by atoms with van der Waals surface area (Å²) >= 11 is 0. The van der Waals surface area contributed by atoms with Crippen molar-refractivity contribution in [3.8, 4) is 23.2 Å². The lowest BCUT2D eigenvalue weighted by Gasteiger charge is -2.34. The minimum absolute atomic E-state index is 0.0517. The Kier molecular flexibility index (Phi) is 12.8. The summed E-state index contributed by atoms with van der Waals surface area (Å²) in [5.41, 5.74) is 1.98. The van der Waals surface area contributed by atoms with Crippen molar-refractivity contribution >= 4 is 35.5 Å². The number of carbonyl (C=O) groups excluding carboxylic acids is 4. The summed E-state index contributed by atoms with van der Waals surface area (Å²) in [7, 11) is 3.31. The van der Waals surface area contributed by atoms with E-state index in [4.69, 9.17) is 9.72 Å². The van der Waals surface area contributed by atoms with E-state index in [9.17, 15) is 32.3 Å². The van der Waals surface area contributed by atoms with Crippen LogP contribution in [-0.2, 0) is 46.9 Å². The highest BCUT2D eigenvalue weighted by Crippen LogP contribution is 2.35. The molecule has 0 saturated carbocycles. The number of amides is 4. The molecule has 13 nitrogen and oxygen atoms in total. The summed E-state index contributed by atoms with van der Waals surface area (Å²) in [6.07, 6.45) is -3.60. The Morgan fingerprint density at radius 3 is 2.35 bits per heavy atom. The maximum atomic E-state index is 14.2. The zero-order valence-electron chi connectivity index (χ0n) is 34.9. The van der Waals surface area contributed by atoms with Gasteiger partial charge in [-0.25, -0.2) is 19.7 Å². The normalized spacial score (nSPS) is 14.9. The molecule has 2 aliphatic heterocycles. The first-order valence-electron chi connectivity index (χ1n) is 19.7. The van der Waals surface area contributed by atoms with Crippen LogP contribution in [0.4, 0.5) is 29.6 Å². The molecule has 0 bridgehead atoms. The molecule has 2 aromatic heterocycles. The third-order valence-corrected chi connectivity index (χ3v) is 10.4. The Morgan fingerprint density at radius 2 is 1.68 bits per heavy atom. The molecule has 0 unspecified atom stereocenters. The summed E-state index contributed by atoms with van der Waals surface area (Å²) in [5.74, 6) is 5.00. The molecule has 4 aromatic rings. The number of ether oxygens (including phenoxy) is 1. The van der Waals surface area contributed by atoms with E-state index >= 15 is 0 Å². The minimum atomic E-state index is -4.59. The number of benzene rings is 2. The van der Waals surface area contributed by atoms with Crippen molar-refractivity contribution in [3.63, 3.8) is 0 Å². The minimum Gasteiger partial charge on any atom is -0.443 e. The second kappa shape index (κ2) is 17.7. The van der Waals surface area contributed by atoms with Crippen LogP contribution in [0.1, 0.15) is 78.5 Å². The van der Waals surface area contributed by atoms with Crippen molar-refractivity contribution < 1.29 is 37.1 Å². The van der Waals surface area contributed by atoms with Crippen LogP contribution in [0.15, 0.2) is 54.7 Å². The molecule has 6 rings (SSSR count). The largest absolute Gasteiger partial charge is 0.443 e. The molecule has 0 atom stereocenters. The average Bonchev–Trinajstić information content (AvgIpc) is 3.53. The number of rotatable bonds is 8. The number of nitrogens with one attached hydrogen (secondary N) is 1. The Bertz CT molecular complexity index is 2370. The zero-order chi connectivity index (χ0) is 43.5. The third-order valence-electron chi connectivity index (χ3n) is 10.4. The number of aromatic nitrogens is 3. The van der Waals surface area contributed by atoms with Crippen LogP contribution in [0.2, 0.25) is 0 Å². The number of anilines is 2. The van der Waals surface area contributed by atoms with E-state index in [1.165, 1.54) is 37.2 Å². The van der Waals surface area contributed by atoms with Crippen LogP contribution in [0.3, 0.4) is 0 Å². The highest BCUT2D eigenvalue weighted by Gasteiger charge is 2.36. The van der Waals surface area contributed by atoms with E-state index in [0.29, 0.717) is 58.8 Å². The van der Waals surface area contributed by atoms with Gasteiger partial charge in [-0.3, -0.25) is 24.2 Å².